The van der Waals surface area contributed by atoms with E-state index in [4.69, 9.17) is 4.98 Å². The van der Waals surface area contributed by atoms with E-state index in [0.717, 1.165) is 36.6 Å². The number of hydrogen-bond donors (Lipinski definition) is 1. The molecule has 0 aliphatic heterocycles. The highest BCUT2D eigenvalue weighted by molar-refractivity contribution is 7.07. The van der Waals surface area contributed by atoms with Gasteiger partial charge in [0.05, 0.1) is 16.5 Å². The summed E-state index contributed by atoms with van der Waals surface area (Å²) in [6.07, 6.45) is 15.2. The van der Waals surface area contributed by atoms with E-state index in [2.05, 4.69) is 65.1 Å². The number of aromatic nitrogens is 3. The number of thiazole rings is 1. The summed E-state index contributed by atoms with van der Waals surface area (Å²) in [6, 6.07) is 8.73. The van der Waals surface area contributed by atoms with Crippen LogP contribution in [0.3, 0.4) is 0 Å². The number of allylic oxidation sites excluding steroid dienone is 3. The highest BCUT2D eigenvalue weighted by Gasteiger charge is 2.57. The van der Waals surface area contributed by atoms with Gasteiger partial charge in [-0.2, -0.15) is 0 Å². The number of nitrogens with zero attached hydrogens (tertiary/aromatic N) is 3. The van der Waals surface area contributed by atoms with Gasteiger partial charge in [-0.15, -0.1) is 11.3 Å². The lowest BCUT2D eigenvalue weighted by atomic mass is 9.47. The number of carbonyl (C=O) groups is 1. The van der Waals surface area contributed by atoms with Gasteiger partial charge in [0.25, 0.3) is 5.91 Å². The van der Waals surface area contributed by atoms with Crippen LogP contribution in [0.25, 0.3) is 16.7 Å². The molecule has 1 aromatic carbocycles. The van der Waals surface area contributed by atoms with Crippen LogP contribution in [0.5, 0.6) is 0 Å². The first-order chi connectivity index (χ1) is 17.5. The number of imidazole rings is 1. The molecule has 36 heavy (non-hydrogen) atoms. The van der Waals surface area contributed by atoms with Gasteiger partial charge in [-0.05, 0) is 80.2 Å². The number of fused-ring (bicyclic) bond motifs is 6. The monoisotopic (exact) mass is 498 g/mol. The van der Waals surface area contributed by atoms with E-state index in [9.17, 15) is 4.79 Å². The van der Waals surface area contributed by atoms with Gasteiger partial charge >= 0.3 is 0 Å². The molecule has 6 atom stereocenters. The van der Waals surface area contributed by atoms with E-state index in [1.165, 1.54) is 48.2 Å². The standard InChI is InChI=1S/C30H34N4OS/c1-29-13-11-20(33-28(35)25-16-36-18-32-25)15-19(29)7-8-21-22-9-10-27(30(22,2)14-12-23(21)29)34-17-31-24-5-3-4-6-26(24)34/h3-7,10,16-18,20-23H,8-9,11-15H2,1-2H3,(H,33,35)/t20-,21-,22-,23-,29-,30-/m0/s1. The van der Waals surface area contributed by atoms with E-state index in [0.29, 0.717) is 11.6 Å². The second-order valence-electron chi connectivity index (χ2n) is 11.9. The van der Waals surface area contributed by atoms with Crippen LogP contribution < -0.4 is 5.32 Å². The van der Waals surface area contributed by atoms with Crippen LogP contribution in [0.15, 0.2) is 59.2 Å². The van der Waals surface area contributed by atoms with Crippen molar-refractivity contribution in [3.8, 4) is 0 Å². The van der Waals surface area contributed by atoms with E-state index in [1.807, 2.05) is 11.7 Å². The van der Waals surface area contributed by atoms with Crippen LogP contribution in [0.2, 0.25) is 0 Å². The molecular weight excluding hydrogens is 464 g/mol. The minimum absolute atomic E-state index is 0.0239. The molecule has 1 N–H and O–H groups in total. The Morgan fingerprint density at radius 3 is 2.78 bits per heavy atom. The van der Waals surface area contributed by atoms with Crippen molar-refractivity contribution in [2.24, 2.45) is 28.6 Å². The Bertz CT molecular complexity index is 1390. The van der Waals surface area contributed by atoms with Gasteiger partial charge in [0.1, 0.15) is 12.0 Å². The normalized spacial score (nSPS) is 35.4. The van der Waals surface area contributed by atoms with Crippen LogP contribution in [-0.4, -0.2) is 26.5 Å². The number of carbonyl (C=O) groups excluding carboxylic acids is 1. The zero-order valence-electron chi connectivity index (χ0n) is 21.1. The van der Waals surface area contributed by atoms with Crippen LogP contribution in [0.1, 0.15) is 69.3 Å². The van der Waals surface area contributed by atoms with Crippen molar-refractivity contribution in [3.05, 3.63) is 64.9 Å². The summed E-state index contributed by atoms with van der Waals surface area (Å²) in [7, 11) is 0. The van der Waals surface area contributed by atoms with Crippen molar-refractivity contribution >= 4 is 34.0 Å². The Morgan fingerprint density at radius 1 is 1.06 bits per heavy atom. The average molecular weight is 499 g/mol. The minimum atomic E-state index is -0.0239. The molecule has 3 aromatic rings. The second kappa shape index (κ2) is 8.14. The molecule has 0 saturated heterocycles. The van der Waals surface area contributed by atoms with Gasteiger partial charge < -0.3 is 9.88 Å². The zero-order valence-corrected chi connectivity index (χ0v) is 21.9. The quantitative estimate of drug-likeness (QED) is 0.409. The maximum atomic E-state index is 12.6. The van der Waals surface area contributed by atoms with Gasteiger partial charge in [0.15, 0.2) is 0 Å². The van der Waals surface area contributed by atoms with Crippen molar-refractivity contribution in [3.63, 3.8) is 0 Å². The summed E-state index contributed by atoms with van der Waals surface area (Å²) in [5, 5.41) is 5.11. The van der Waals surface area contributed by atoms with Crippen LogP contribution in [0.4, 0.5) is 0 Å². The molecule has 4 aliphatic rings. The molecule has 2 heterocycles. The van der Waals surface area contributed by atoms with Gasteiger partial charge in [0, 0.05) is 22.5 Å². The molecule has 4 aliphatic carbocycles. The van der Waals surface area contributed by atoms with E-state index in [-0.39, 0.29) is 22.8 Å². The van der Waals surface area contributed by atoms with Crippen molar-refractivity contribution in [1.82, 2.24) is 19.9 Å². The summed E-state index contributed by atoms with van der Waals surface area (Å²) in [5.41, 5.74) is 8.10. The number of rotatable bonds is 3. The van der Waals surface area contributed by atoms with Crippen LogP contribution >= 0.6 is 11.3 Å². The van der Waals surface area contributed by atoms with Crippen molar-refractivity contribution in [1.29, 1.82) is 0 Å². The summed E-state index contributed by atoms with van der Waals surface area (Å²) in [4.78, 5) is 21.5. The Balaban J connectivity index is 1.13. The molecule has 2 saturated carbocycles. The lowest BCUT2D eigenvalue weighted by molar-refractivity contribution is -0.0136. The lowest BCUT2D eigenvalue weighted by Gasteiger charge is -2.58. The third-order valence-electron chi connectivity index (χ3n) is 10.4. The first-order valence-electron chi connectivity index (χ1n) is 13.5. The summed E-state index contributed by atoms with van der Waals surface area (Å²) >= 11 is 1.47. The molecule has 6 heteroatoms. The molecule has 0 unspecified atom stereocenters. The van der Waals surface area contributed by atoms with E-state index in [1.54, 1.807) is 11.1 Å². The maximum Gasteiger partial charge on any atom is 0.270 e. The van der Waals surface area contributed by atoms with Crippen molar-refractivity contribution < 1.29 is 4.79 Å². The molecule has 1 amide bonds. The molecule has 0 spiro atoms. The summed E-state index contributed by atoms with van der Waals surface area (Å²) in [5.74, 6) is 2.12. The SMILES string of the molecule is C[C@]12CC[C@H](NC(=O)c3cscn3)CC1=CC[C@@H]1[C@@H]2CC[C@]2(C)C(n3cnc4ccccc43)=CC[C@@H]12. The smallest absolute Gasteiger partial charge is 0.270 e. The molecule has 7 rings (SSSR count). The number of nitrogens with one attached hydrogen (secondary N) is 1. The third kappa shape index (κ3) is 3.22. The Kier molecular flexibility index (Phi) is 5.08. The minimum Gasteiger partial charge on any atom is -0.348 e. The number of hydrogen-bond acceptors (Lipinski definition) is 4. The maximum absolute atomic E-state index is 12.6. The van der Waals surface area contributed by atoms with Gasteiger partial charge in [-0.1, -0.05) is 43.7 Å². The topological polar surface area (TPSA) is 59.8 Å². The Morgan fingerprint density at radius 2 is 1.92 bits per heavy atom. The number of amides is 1. The molecule has 0 bridgehead atoms. The predicted octanol–water partition coefficient (Wildman–Crippen LogP) is 6.71. The first-order valence-corrected chi connectivity index (χ1v) is 14.4. The second-order valence-corrected chi connectivity index (χ2v) is 12.6. The van der Waals surface area contributed by atoms with E-state index < -0.39 is 0 Å². The Labute approximate surface area is 216 Å². The van der Waals surface area contributed by atoms with E-state index >= 15 is 0 Å². The summed E-state index contributed by atoms with van der Waals surface area (Å²) < 4.78 is 2.37. The summed E-state index contributed by atoms with van der Waals surface area (Å²) in [6.45, 7) is 5.05. The molecular formula is C30H34N4OS. The number of para-hydroxylation sites is 2. The highest BCUT2D eigenvalue weighted by Crippen LogP contribution is 2.65. The third-order valence-corrected chi connectivity index (χ3v) is 10.9. The molecule has 2 fully saturated rings. The van der Waals surface area contributed by atoms with Crippen LogP contribution in [-0.2, 0) is 0 Å². The predicted molar refractivity (Wildman–Crippen MR) is 144 cm³/mol. The molecule has 186 valence electrons. The van der Waals surface area contributed by atoms with Crippen molar-refractivity contribution in [2.45, 2.75) is 64.8 Å². The molecule has 2 aromatic heterocycles. The van der Waals surface area contributed by atoms with Crippen LogP contribution in [0, 0.1) is 28.6 Å². The fourth-order valence-corrected chi connectivity index (χ4v) is 8.97. The van der Waals surface area contributed by atoms with Gasteiger partial charge in [-0.25, -0.2) is 9.97 Å². The zero-order chi connectivity index (χ0) is 24.5. The average Bonchev–Trinajstić information content (AvgIpc) is 3.62. The fourth-order valence-electron chi connectivity index (χ4n) is 8.44. The molecule has 0 radical (unpaired) electrons. The van der Waals surface area contributed by atoms with Crippen molar-refractivity contribution in [2.75, 3.05) is 0 Å². The van der Waals surface area contributed by atoms with Gasteiger partial charge in [0.2, 0.25) is 0 Å². The molecule has 5 nitrogen and oxygen atoms in total. The fraction of sp³-hybridized carbons (Fsp3) is 0.500. The van der Waals surface area contributed by atoms with Gasteiger partial charge in [-0.3, -0.25) is 4.79 Å². The lowest BCUT2D eigenvalue weighted by Crippen LogP contribution is -2.51. The number of benzene rings is 1. The largest absolute Gasteiger partial charge is 0.348 e. The highest BCUT2D eigenvalue weighted by atomic mass is 32.1. The Hall–Kier alpha value is -2.73. The first kappa shape index (κ1) is 22.5.